The maximum Gasteiger partial charge on any atom is 0.230 e. The van der Waals surface area contributed by atoms with Crippen LogP contribution in [0, 0.1) is 0 Å². The van der Waals surface area contributed by atoms with Crippen LogP contribution in [-0.4, -0.2) is 28.0 Å². The Bertz CT molecular complexity index is 634. The molecule has 0 unspecified atom stereocenters. The van der Waals surface area contributed by atoms with E-state index in [1.54, 1.807) is 30.0 Å². The van der Waals surface area contributed by atoms with Crippen molar-refractivity contribution in [2.24, 2.45) is 0 Å². The van der Waals surface area contributed by atoms with E-state index in [2.05, 4.69) is 15.6 Å². The average molecular weight is 245 g/mol. The van der Waals surface area contributed by atoms with Crippen LogP contribution in [0.1, 0.15) is 5.69 Å². The Hall–Kier alpha value is -2.57. The van der Waals surface area contributed by atoms with Crippen LogP contribution in [-0.2, 0) is 11.2 Å². The van der Waals surface area contributed by atoms with Gasteiger partial charge in [-0.25, -0.2) is 4.68 Å². The van der Waals surface area contributed by atoms with Crippen molar-refractivity contribution in [3.63, 3.8) is 0 Å². The van der Waals surface area contributed by atoms with Crippen molar-refractivity contribution in [1.29, 1.82) is 0 Å². The molecule has 1 aromatic heterocycles. The van der Waals surface area contributed by atoms with Crippen molar-refractivity contribution < 1.29 is 9.53 Å². The molecule has 0 aliphatic carbocycles. The fraction of sp³-hybridized carbons (Fsp3) is 0.182. The summed E-state index contributed by atoms with van der Waals surface area (Å²) in [4.78, 5) is 11.7. The third-order valence-electron chi connectivity index (χ3n) is 2.83. The zero-order valence-electron chi connectivity index (χ0n) is 9.67. The highest BCUT2D eigenvalue weighted by atomic mass is 16.5. The van der Waals surface area contributed by atoms with Gasteiger partial charge in [-0.15, -0.1) is 5.10 Å². The fourth-order valence-corrected chi connectivity index (χ4v) is 1.94. The van der Waals surface area contributed by atoms with Gasteiger partial charge in [0.1, 0.15) is 5.75 Å². The number of anilines is 2. The van der Waals surface area contributed by atoms with Gasteiger partial charge in [0.15, 0.2) is 5.82 Å². The van der Waals surface area contributed by atoms with Crippen molar-refractivity contribution >= 4 is 17.4 Å². The number of aromatic nitrogens is 3. The Balaban J connectivity index is 2.26. The van der Waals surface area contributed by atoms with Gasteiger partial charge in [0.05, 0.1) is 30.6 Å². The van der Waals surface area contributed by atoms with Gasteiger partial charge in [-0.05, 0) is 12.1 Å². The van der Waals surface area contributed by atoms with E-state index in [-0.39, 0.29) is 18.1 Å². The molecule has 0 saturated carbocycles. The number of nitrogens with zero attached hydrogens (tertiary/aromatic N) is 3. The van der Waals surface area contributed by atoms with E-state index in [4.69, 9.17) is 10.5 Å². The molecule has 18 heavy (non-hydrogen) atoms. The molecular weight excluding hydrogens is 234 g/mol. The maximum absolute atomic E-state index is 11.7. The fourth-order valence-electron chi connectivity index (χ4n) is 1.94. The highest BCUT2D eigenvalue weighted by Crippen LogP contribution is 2.29. The second kappa shape index (κ2) is 3.73. The van der Waals surface area contributed by atoms with Gasteiger partial charge in [-0.3, -0.25) is 4.79 Å². The van der Waals surface area contributed by atoms with E-state index >= 15 is 0 Å². The highest BCUT2D eigenvalue weighted by molar-refractivity contribution is 5.96. The molecule has 0 radical (unpaired) electrons. The van der Waals surface area contributed by atoms with Gasteiger partial charge in [-0.1, -0.05) is 5.21 Å². The number of hydrogen-bond acceptors (Lipinski definition) is 5. The molecule has 1 aliphatic heterocycles. The first-order valence-corrected chi connectivity index (χ1v) is 5.37. The minimum absolute atomic E-state index is 0.144. The summed E-state index contributed by atoms with van der Waals surface area (Å²) in [5.74, 6) is 0.792. The molecule has 3 N–H and O–H groups in total. The van der Waals surface area contributed by atoms with Gasteiger partial charge in [-0.2, -0.15) is 0 Å². The summed E-state index contributed by atoms with van der Waals surface area (Å²) in [6.07, 6.45) is 0.149. The minimum Gasteiger partial charge on any atom is -0.497 e. The number of amides is 1. The van der Waals surface area contributed by atoms with Gasteiger partial charge in [0.25, 0.3) is 0 Å². The Kier molecular flexibility index (Phi) is 2.19. The topological polar surface area (TPSA) is 95.1 Å². The summed E-state index contributed by atoms with van der Waals surface area (Å²) < 4.78 is 6.72. The molecule has 0 bridgehead atoms. The molecule has 0 saturated heterocycles. The number of nitrogens with two attached hydrogens (primary N) is 1. The third kappa shape index (κ3) is 1.48. The summed E-state index contributed by atoms with van der Waals surface area (Å²) in [5.41, 5.74) is 7.65. The molecule has 1 amide bonds. The third-order valence-corrected chi connectivity index (χ3v) is 2.83. The first kappa shape index (κ1) is 10.6. The lowest BCUT2D eigenvalue weighted by molar-refractivity contribution is -0.115. The summed E-state index contributed by atoms with van der Waals surface area (Å²) in [6.45, 7) is 0. The number of fused-ring (bicyclic) bond motifs is 3. The van der Waals surface area contributed by atoms with Crippen LogP contribution in [0.2, 0.25) is 0 Å². The molecule has 3 rings (SSSR count). The van der Waals surface area contributed by atoms with Crippen molar-refractivity contribution in [2.45, 2.75) is 6.42 Å². The van der Waals surface area contributed by atoms with Crippen molar-refractivity contribution in [1.82, 2.24) is 15.0 Å². The molecule has 7 nitrogen and oxygen atoms in total. The van der Waals surface area contributed by atoms with Crippen molar-refractivity contribution in [2.75, 3.05) is 18.2 Å². The lowest BCUT2D eigenvalue weighted by Gasteiger charge is -2.09. The van der Waals surface area contributed by atoms with Crippen molar-refractivity contribution in [3.05, 3.63) is 23.9 Å². The van der Waals surface area contributed by atoms with Crippen molar-refractivity contribution in [3.8, 4) is 11.4 Å². The Morgan fingerprint density at radius 3 is 3.11 bits per heavy atom. The van der Waals surface area contributed by atoms with E-state index in [9.17, 15) is 4.79 Å². The highest BCUT2D eigenvalue weighted by Gasteiger charge is 2.22. The lowest BCUT2D eigenvalue weighted by atomic mass is 10.2. The standard InChI is InChI=1S/C11H11N5O2/c1-18-6-2-3-7-8(4-6)16-9(5-10(17)13-7)11(12)14-15-16/h2-4H,5,12H2,1H3,(H,13,17). The second-order valence-electron chi connectivity index (χ2n) is 3.94. The van der Waals surface area contributed by atoms with Crippen LogP contribution in [0.25, 0.3) is 5.69 Å². The molecule has 0 atom stereocenters. The van der Waals surface area contributed by atoms with Crippen LogP contribution in [0.5, 0.6) is 5.75 Å². The van der Waals surface area contributed by atoms with Gasteiger partial charge in [0.2, 0.25) is 5.91 Å². The molecule has 2 heterocycles. The zero-order valence-corrected chi connectivity index (χ0v) is 9.67. The normalized spacial score (nSPS) is 13.3. The maximum atomic E-state index is 11.7. The summed E-state index contributed by atoms with van der Waals surface area (Å²) in [6, 6.07) is 5.31. The second-order valence-corrected chi connectivity index (χ2v) is 3.94. The van der Waals surface area contributed by atoms with Crippen LogP contribution < -0.4 is 15.8 Å². The zero-order chi connectivity index (χ0) is 12.7. The van der Waals surface area contributed by atoms with Gasteiger partial charge < -0.3 is 15.8 Å². The number of carbonyl (C=O) groups excluding carboxylic acids is 1. The van der Waals surface area contributed by atoms with E-state index in [1.165, 1.54) is 0 Å². The first-order chi connectivity index (χ1) is 8.69. The number of ether oxygens (including phenoxy) is 1. The van der Waals surface area contributed by atoms with Crippen LogP contribution in [0.3, 0.4) is 0 Å². The first-order valence-electron chi connectivity index (χ1n) is 5.37. The molecular formula is C11H11N5O2. The van der Waals surface area contributed by atoms with Gasteiger partial charge in [0, 0.05) is 6.07 Å². The number of benzene rings is 1. The monoisotopic (exact) mass is 245 g/mol. The largest absolute Gasteiger partial charge is 0.497 e. The van der Waals surface area contributed by atoms with Gasteiger partial charge >= 0.3 is 0 Å². The summed E-state index contributed by atoms with van der Waals surface area (Å²) in [7, 11) is 1.58. The molecule has 92 valence electrons. The van der Waals surface area contributed by atoms with E-state index in [0.29, 0.717) is 22.8 Å². The number of nitrogen functional groups attached to an aromatic ring is 1. The predicted molar refractivity (Wildman–Crippen MR) is 64.7 cm³/mol. The number of methoxy groups -OCH3 is 1. The summed E-state index contributed by atoms with van der Waals surface area (Å²) >= 11 is 0. The molecule has 2 aromatic rings. The number of carbonyl (C=O) groups is 1. The molecule has 0 spiro atoms. The lowest BCUT2D eigenvalue weighted by Crippen LogP contribution is -2.13. The molecule has 1 aromatic carbocycles. The number of rotatable bonds is 1. The Labute approximate surface area is 103 Å². The van der Waals surface area contributed by atoms with E-state index in [0.717, 1.165) is 0 Å². The van der Waals surface area contributed by atoms with Crippen LogP contribution in [0.15, 0.2) is 18.2 Å². The summed E-state index contributed by atoms with van der Waals surface area (Å²) in [5, 5.41) is 10.6. The van der Waals surface area contributed by atoms with E-state index < -0.39 is 0 Å². The van der Waals surface area contributed by atoms with Crippen LogP contribution >= 0.6 is 0 Å². The Morgan fingerprint density at radius 1 is 1.50 bits per heavy atom. The quantitative estimate of drug-likeness (QED) is 0.756. The Morgan fingerprint density at radius 2 is 2.33 bits per heavy atom. The molecule has 1 aliphatic rings. The minimum atomic E-state index is -0.144. The van der Waals surface area contributed by atoms with Crippen LogP contribution in [0.4, 0.5) is 11.5 Å². The number of nitrogens with one attached hydrogen (secondary N) is 1. The number of hydrogen-bond donors (Lipinski definition) is 2. The smallest absolute Gasteiger partial charge is 0.230 e. The predicted octanol–water partition coefficient (Wildman–Crippen LogP) is 0.353. The molecule has 0 fully saturated rings. The van der Waals surface area contributed by atoms with E-state index in [1.807, 2.05) is 0 Å². The molecule has 7 heteroatoms. The SMILES string of the molecule is COc1ccc2c(c1)-n1nnc(N)c1CC(=O)N2. The average Bonchev–Trinajstić information content (AvgIpc) is 2.65.